The van der Waals surface area contributed by atoms with Gasteiger partial charge in [-0.2, -0.15) is 0 Å². The number of ether oxygens (including phenoxy) is 1. The Bertz CT molecular complexity index is 657. The van der Waals surface area contributed by atoms with E-state index >= 15 is 0 Å². The zero-order valence-electron chi connectivity index (χ0n) is 11.1. The van der Waals surface area contributed by atoms with E-state index in [2.05, 4.69) is 5.32 Å². The maximum Gasteiger partial charge on any atom is 0.292 e. The summed E-state index contributed by atoms with van der Waals surface area (Å²) in [7, 11) is 1.62. The molecule has 0 aromatic heterocycles. The summed E-state index contributed by atoms with van der Waals surface area (Å²) in [5, 5.41) is 14.6. The van der Waals surface area contributed by atoms with E-state index in [4.69, 9.17) is 27.9 Å². The number of hydrogen-bond acceptors (Lipinski definition) is 4. The average molecular weight is 327 g/mol. The van der Waals surface area contributed by atoms with Crippen molar-refractivity contribution in [3.8, 4) is 5.75 Å². The highest BCUT2D eigenvalue weighted by molar-refractivity contribution is 6.37. The van der Waals surface area contributed by atoms with Crippen LogP contribution in [0.25, 0.3) is 0 Å². The van der Waals surface area contributed by atoms with Crippen molar-refractivity contribution < 1.29 is 9.66 Å². The van der Waals surface area contributed by atoms with Gasteiger partial charge in [-0.15, -0.1) is 0 Å². The number of nitro benzene ring substituents is 1. The summed E-state index contributed by atoms with van der Waals surface area (Å²) in [4.78, 5) is 10.6. The molecule has 21 heavy (non-hydrogen) atoms. The smallest absolute Gasteiger partial charge is 0.292 e. The molecular formula is C14H12Cl2N2O3. The van der Waals surface area contributed by atoms with Gasteiger partial charge in [0, 0.05) is 18.7 Å². The number of para-hydroxylation sites is 2. The minimum atomic E-state index is -0.447. The molecule has 2 aromatic rings. The fraction of sp³-hybridized carbons (Fsp3) is 0.143. The SMILES string of the molecule is CNc1c(COc2c(Cl)cccc2Cl)cccc1[N+](=O)[O-]. The highest BCUT2D eigenvalue weighted by Crippen LogP contribution is 2.34. The van der Waals surface area contributed by atoms with Gasteiger partial charge in [-0.25, -0.2) is 0 Å². The number of nitrogens with one attached hydrogen (secondary N) is 1. The third-order valence-electron chi connectivity index (χ3n) is 2.87. The lowest BCUT2D eigenvalue weighted by Gasteiger charge is -2.12. The minimum Gasteiger partial charge on any atom is -0.486 e. The minimum absolute atomic E-state index is 0.0103. The lowest BCUT2D eigenvalue weighted by molar-refractivity contribution is -0.384. The fourth-order valence-electron chi connectivity index (χ4n) is 1.92. The summed E-state index contributed by atoms with van der Waals surface area (Å²) in [5.74, 6) is 0.356. The molecule has 7 heteroatoms. The fourth-order valence-corrected chi connectivity index (χ4v) is 2.42. The second-order valence-electron chi connectivity index (χ2n) is 4.16. The Balaban J connectivity index is 2.28. The molecule has 110 valence electrons. The third-order valence-corrected chi connectivity index (χ3v) is 3.46. The predicted molar refractivity (Wildman–Crippen MR) is 83.4 cm³/mol. The summed E-state index contributed by atoms with van der Waals surface area (Å²) in [6.07, 6.45) is 0. The van der Waals surface area contributed by atoms with Crippen LogP contribution in [0, 0.1) is 10.1 Å². The van der Waals surface area contributed by atoms with Crippen LogP contribution in [-0.4, -0.2) is 12.0 Å². The summed E-state index contributed by atoms with van der Waals surface area (Å²) in [5.41, 5.74) is 1.04. The van der Waals surface area contributed by atoms with Crippen LogP contribution < -0.4 is 10.1 Å². The first-order chi connectivity index (χ1) is 10.0. The van der Waals surface area contributed by atoms with Gasteiger partial charge < -0.3 is 10.1 Å². The second kappa shape index (κ2) is 6.65. The van der Waals surface area contributed by atoms with Gasteiger partial charge in [0.05, 0.1) is 15.0 Å². The molecule has 0 saturated heterocycles. The van der Waals surface area contributed by atoms with Crippen molar-refractivity contribution in [3.05, 3.63) is 62.1 Å². The highest BCUT2D eigenvalue weighted by Gasteiger charge is 2.17. The molecule has 0 atom stereocenters. The van der Waals surface area contributed by atoms with E-state index in [1.54, 1.807) is 37.4 Å². The van der Waals surface area contributed by atoms with Crippen molar-refractivity contribution in [1.29, 1.82) is 0 Å². The monoisotopic (exact) mass is 326 g/mol. The molecule has 0 saturated carbocycles. The van der Waals surface area contributed by atoms with Crippen molar-refractivity contribution >= 4 is 34.6 Å². The van der Waals surface area contributed by atoms with Gasteiger partial charge in [-0.3, -0.25) is 10.1 Å². The number of rotatable bonds is 5. The summed E-state index contributed by atoms with van der Waals surface area (Å²) in [6.45, 7) is 0.112. The zero-order valence-corrected chi connectivity index (χ0v) is 12.6. The van der Waals surface area contributed by atoms with Crippen molar-refractivity contribution in [3.63, 3.8) is 0 Å². The van der Waals surface area contributed by atoms with Gasteiger partial charge in [-0.1, -0.05) is 41.4 Å². The van der Waals surface area contributed by atoms with Crippen LogP contribution in [0.1, 0.15) is 5.56 Å². The van der Waals surface area contributed by atoms with E-state index in [-0.39, 0.29) is 12.3 Å². The largest absolute Gasteiger partial charge is 0.486 e. The van der Waals surface area contributed by atoms with Crippen molar-refractivity contribution in [2.45, 2.75) is 6.61 Å². The van der Waals surface area contributed by atoms with Crippen LogP contribution in [0.5, 0.6) is 5.75 Å². The summed E-state index contributed by atoms with van der Waals surface area (Å²) >= 11 is 12.0. The van der Waals surface area contributed by atoms with E-state index in [1.165, 1.54) is 6.07 Å². The second-order valence-corrected chi connectivity index (χ2v) is 4.97. The van der Waals surface area contributed by atoms with Gasteiger partial charge in [0.15, 0.2) is 5.75 Å². The molecule has 2 aromatic carbocycles. The molecule has 0 radical (unpaired) electrons. The Labute approximate surface area is 131 Å². The molecular weight excluding hydrogens is 315 g/mol. The van der Waals surface area contributed by atoms with Crippen LogP contribution in [0.3, 0.4) is 0 Å². The van der Waals surface area contributed by atoms with E-state index in [0.29, 0.717) is 27.0 Å². The number of benzene rings is 2. The molecule has 2 rings (SSSR count). The molecule has 5 nitrogen and oxygen atoms in total. The van der Waals surface area contributed by atoms with Crippen LogP contribution in [0.2, 0.25) is 10.0 Å². The predicted octanol–water partition coefficient (Wildman–Crippen LogP) is 4.52. The molecule has 0 unspecified atom stereocenters. The van der Waals surface area contributed by atoms with Crippen molar-refractivity contribution in [1.82, 2.24) is 0 Å². The normalized spacial score (nSPS) is 10.2. The average Bonchev–Trinajstić information content (AvgIpc) is 2.46. The Morgan fingerprint density at radius 1 is 1.19 bits per heavy atom. The summed E-state index contributed by atoms with van der Waals surface area (Å²) in [6, 6.07) is 9.81. The number of hydrogen-bond donors (Lipinski definition) is 1. The van der Waals surface area contributed by atoms with E-state index < -0.39 is 4.92 Å². The van der Waals surface area contributed by atoms with Crippen molar-refractivity contribution in [2.75, 3.05) is 12.4 Å². The first kappa shape index (κ1) is 15.4. The standard InChI is InChI=1S/C14H12Cl2N2O3/c1-17-13-9(4-2-7-12(13)18(19)20)8-21-14-10(15)5-3-6-11(14)16/h2-7,17H,8H2,1H3. The van der Waals surface area contributed by atoms with Crippen LogP contribution in [-0.2, 0) is 6.61 Å². The molecule has 0 aliphatic rings. The van der Waals surface area contributed by atoms with Crippen LogP contribution in [0.4, 0.5) is 11.4 Å². The van der Waals surface area contributed by atoms with Crippen molar-refractivity contribution in [2.24, 2.45) is 0 Å². The molecule has 0 aliphatic heterocycles. The lowest BCUT2D eigenvalue weighted by atomic mass is 10.1. The molecule has 0 heterocycles. The maximum absolute atomic E-state index is 11.0. The number of nitro groups is 1. The van der Waals surface area contributed by atoms with E-state index in [1.807, 2.05) is 0 Å². The third kappa shape index (κ3) is 3.37. The number of halogens is 2. The maximum atomic E-state index is 11.0. The first-order valence-electron chi connectivity index (χ1n) is 6.05. The van der Waals surface area contributed by atoms with Gasteiger partial charge in [0.1, 0.15) is 12.3 Å². The van der Waals surface area contributed by atoms with Crippen LogP contribution in [0.15, 0.2) is 36.4 Å². The van der Waals surface area contributed by atoms with Gasteiger partial charge in [-0.05, 0) is 12.1 Å². The van der Waals surface area contributed by atoms with E-state index in [0.717, 1.165) is 0 Å². The zero-order chi connectivity index (χ0) is 15.4. The summed E-state index contributed by atoms with van der Waals surface area (Å²) < 4.78 is 5.60. The number of nitrogens with zero attached hydrogens (tertiary/aromatic N) is 1. The number of anilines is 1. The van der Waals surface area contributed by atoms with Gasteiger partial charge >= 0.3 is 0 Å². The molecule has 0 spiro atoms. The highest BCUT2D eigenvalue weighted by atomic mass is 35.5. The topological polar surface area (TPSA) is 64.4 Å². The molecule has 0 aliphatic carbocycles. The molecule has 0 amide bonds. The molecule has 0 bridgehead atoms. The Morgan fingerprint density at radius 3 is 2.38 bits per heavy atom. The van der Waals surface area contributed by atoms with Crippen LogP contribution >= 0.6 is 23.2 Å². The quantitative estimate of drug-likeness (QED) is 0.648. The van der Waals surface area contributed by atoms with Gasteiger partial charge in [0.25, 0.3) is 5.69 Å². The van der Waals surface area contributed by atoms with E-state index in [9.17, 15) is 10.1 Å². The Hall–Kier alpha value is -1.98. The Morgan fingerprint density at radius 2 is 1.81 bits per heavy atom. The molecule has 0 fully saturated rings. The lowest BCUT2D eigenvalue weighted by Crippen LogP contribution is -2.04. The first-order valence-corrected chi connectivity index (χ1v) is 6.81. The Kier molecular flexibility index (Phi) is 4.88. The van der Waals surface area contributed by atoms with Gasteiger partial charge in [0.2, 0.25) is 0 Å². The molecule has 1 N–H and O–H groups in total.